The van der Waals surface area contributed by atoms with Gasteiger partial charge in [-0.3, -0.25) is 0 Å². The summed E-state index contributed by atoms with van der Waals surface area (Å²) in [5.41, 5.74) is 4.23. The zero-order valence-electron chi connectivity index (χ0n) is 17.6. The van der Waals surface area contributed by atoms with E-state index in [4.69, 9.17) is 11.6 Å². The Labute approximate surface area is 194 Å². The van der Waals surface area contributed by atoms with E-state index in [-0.39, 0.29) is 0 Å². The molecule has 32 heavy (non-hydrogen) atoms. The summed E-state index contributed by atoms with van der Waals surface area (Å²) >= 11 is 7.41. The van der Waals surface area contributed by atoms with Gasteiger partial charge >= 0.3 is 0 Å². The molecule has 0 spiro atoms. The van der Waals surface area contributed by atoms with Gasteiger partial charge in [-0.05, 0) is 42.7 Å². The quantitative estimate of drug-likeness (QED) is 0.318. The van der Waals surface area contributed by atoms with E-state index in [9.17, 15) is 10.5 Å². The van der Waals surface area contributed by atoms with Gasteiger partial charge in [-0.25, -0.2) is 9.50 Å². The molecular formula is C23H18ClN7S. The molecular weight excluding hydrogens is 442 g/mol. The molecule has 0 fully saturated rings. The fraction of sp³-hybridized carbons (Fsp3) is 0.130. The second-order valence-corrected chi connectivity index (χ2v) is 8.33. The molecule has 7 nitrogen and oxygen atoms in total. The first kappa shape index (κ1) is 21.5. The number of hydrogen-bond acceptors (Lipinski definition) is 7. The van der Waals surface area contributed by atoms with Crippen molar-refractivity contribution < 1.29 is 0 Å². The third kappa shape index (κ3) is 3.82. The second kappa shape index (κ2) is 8.80. The van der Waals surface area contributed by atoms with Crippen LogP contribution in [-0.4, -0.2) is 34.9 Å². The number of thioether (sulfide) groups is 1. The Morgan fingerprint density at radius 2 is 1.66 bits per heavy atom. The van der Waals surface area contributed by atoms with Crippen LogP contribution in [0.1, 0.15) is 11.1 Å². The fourth-order valence-corrected chi connectivity index (χ4v) is 3.97. The molecule has 4 rings (SSSR count). The molecule has 0 radical (unpaired) electrons. The van der Waals surface area contributed by atoms with Crippen LogP contribution in [0.5, 0.6) is 0 Å². The summed E-state index contributed by atoms with van der Waals surface area (Å²) in [6.07, 6.45) is 1.85. The van der Waals surface area contributed by atoms with Crippen molar-refractivity contribution in [3.63, 3.8) is 0 Å². The van der Waals surface area contributed by atoms with Gasteiger partial charge in [0.25, 0.3) is 0 Å². The van der Waals surface area contributed by atoms with Crippen LogP contribution in [0.15, 0.2) is 53.6 Å². The SMILES string of the molecule is CSc1nc2c(C#N)c(Nc3ccc(N(C)C)cc3)nn2c(-c2ccc(Cl)cc2)c1C#N. The monoisotopic (exact) mass is 459 g/mol. The second-order valence-electron chi connectivity index (χ2n) is 7.10. The van der Waals surface area contributed by atoms with E-state index < -0.39 is 0 Å². The van der Waals surface area contributed by atoms with Crippen molar-refractivity contribution in [2.45, 2.75) is 5.03 Å². The Bertz CT molecular complexity index is 1380. The lowest BCUT2D eigenvalue weighted by Crippen LogP contribution is -2.08. The Morgan fingerprint density at radius 1 is 1.00 bits per heavy atom. The first-order chi connectivity index (χ1) is 15.5. The van der Waals surface area contributed by atoms with Crippen molar-refractivity contribution in [2.75, 3.05) is 30.6 Å². The van der Waals surface area contributed by atoms with E-state index in [0.29, 0.717) is 38.3 Å². The number of hydrogen-bond donors (Lipinski definition) is 1. The number of nitrogens with zero attached hydrogens (tertiary/aromatic N) is 6. The molecule has 0 saturated heterocycles. The van der Waals surface area contributed by atoms with Crippen molar-refractivity contribution in [2.24, 2.45) is 0 Å². The molecule has 0 aliphatic carbocycles. The van der Waals surface area contributed by atoms with E-state index in [2.05, 4.69) is 27.5 Å². The first-order valence-electron chi connectivity index (χ1n) is 9.58. The van der Waals surface area contributed by atoms with Crippen molar-refractivity contribution in [3.05, 3.63) is 64.7 Å². The lowest BCUT2D eigenvalue weighted by atomic mass is 10.1. The van der Waals surface area contributed by atoms with E-state index in [0.717, 1.165) is 16.9 Å². The highest BCUT2D eigenvalue weighted by molar-refractivity contribution is 7.98. The van der Waals surface area contributed by atoms with Gasteiger partial charge < -0.3 is 10.2 Å². The Kier molecular flexibility index (Phi) is 5.91. The van der Waals surface area contributed by atoms with Crippen LogP contribution in [0.4, 0.5) is 17.2 Å². The van der Waals surface area contributed by atoms with Gasteiger partial charge in [0.2, 0.25) is 0 Å². The van der Waals surface area contributed by atoms with Crippen molar-refractivity contribution in [1.82, 2.24) is 14.6 Å². The summed E-state index contributed by atoms with van der Waals surface area (Å²) < 4.78 is 1.55. The Balaban J connectivity index is 1.93. The smallest absolute Gasteiger partial charge is 0.177 e. The lowest BCUT2D eigenvalue weighted by molar-refractivity contribution is 0.920. The summed E-state index contributed by atoms with van der Waals surface area (Å²) in [4.78, 5) is 6.59. The number of anilines is 3. The maximum atomic E-state index is 9.91. The summed E-state index contributed by atoms with van der Waals surface area (Å²) in [5, 5.41) is 28.8. The minimum Gasteiger partial charge on any atom is -0.378 e. The third-order valence-corrected chi connectivity index (χ3v) is 5.85. The number of rotatable bonds is 5. The summed E-state index contributed by atoms with van der Waals surface area (Å²) in [6, 6.07) is 19.4. The van der Waals surface area contributed by atoms with Crippen LogP contribution in [0.3, 0.4) is 0 Å². The zero-order chi connectivity index (χ0) is 22.8. The first-order valence-corrected chi connectivity index (χ1v) is 11.2. The summed E-state index contributed by atoms with van der Waals surface area (Å²) in [7, 11) is 3.94. The molecule has 0 unspecified atom stereocenters. The molecule has 1 N–H and O–H groups in total. The highest BCUT2D eigenvalue weighted by Crippen LogP contribution is 2.34. The lowest BCUT2D eigenvalue weighted by Gasteiger charge is -2.12. The normalized spacial score (nSPS) is 10.6. The maximum absolute atomic E-state index is 9.91. The van der Waals surface area contributed by atoms with Crippen molar-refractivity contribution in [1.29, 1.82) is 10.5 Å². The van der Waals surface area contributed by atoms with Gasteiger partial charge in [-0.15, -0.1) is 16.9 Å². The predicted molar refractivity (Wildman–Crippen MR) is 129 cm³/mol. The molecule has 2 heterocycles. The topological polar surface area (TPSA) is 93.0 Å². The number of nitrogens with one attached hydrogen (secondary N) is 1. The number of halogens is 1. The highest BCUT2D eigenvalue weighted by atomic mass is 35.5. The van der Waals surface area contributed by atoms with E-state index in [1.807, 2.05) is 61.6 Å². The minimum atomic E-state index is 0.302. The van der Waals surface area contributed by atoms with Crippen LogP contribution in [0, 0.1) is 22.7 Å². The molecule has 9 heteroatoms. The molecule has 4 aromatic rings. The average Bonchev–Trinajstić information content (AvgIpc) is 3.15. The van der Waals surface area contributed by atoms with E-state index in [1.165, 1.54) is 11.8 Å². The molecule has 0 bridgehead atoms. The molecule has 0 aliphatic heterocycles. The van der Waals surface area contributed by atoms with E-state index >= 15 is 0 Å². The molecule has 2 aromatic heterocycles. The number of fused-ring (bicyclic) bond motifs is 1. The fourth-order valence-electron chi connectivity index (χ4n) is 3.32. The van der Waals surface area contributed by atoms with Crippen LogP contribution in [-0.2, 0) is 0 Å². The minimum absolute atomic E-state index is 0.302. The van der Waals surface area contributed by atoms with Gasteiger partial charge in [-0.1, -0.05) is 23.7 Å². The van der Waals surface area contributed by atoms with Crippen LogP contribution in [0.25, 0.3) is 16.9 Å². The Hall–Kier alpha value is -3.72. The van der Waals surface area contributed by atoms with Gasteiger partial charge in [0, 0.05) is 36.1 Å². The maximum Gasteiger partial charge on any atom is 0.177 e. The van der Waals surface area contributed by atoms with Gasteiger partial charge in [0.15, 0.2) is 11.5 Å². The van der Waals surface area contributed by atoms with Crippen LogP contribution < -0.4 is 10.2 Å². The average molecular weight is 460 g/mol. The highest BCUT2D eigenvalue weighted by Gasteiger charge is 2.23. The molecule has 2 aromatic carbocycles. The number of benzene rings is 2. The Morgan fingerprint density at radius 3 is 2.22 bits per heavy atom. The van der Waals surface area contributed by atoms with Gasteiger partial charge in [0.05, 0.1) is 5.69 Å². The third-order valence-electron chi connectivity index (χ3n) is 4.91. The van der Waals surface area contributed by atoms with Gasteiger partial charge in [0.1, 0.15) is 28.3 Å². The molecule has 0 amide bonds. The summed E-state index contributed by atoms with van der Waals surface area (Å²) in [6.45, 7) is 0. The molecule has 0 atom stereocenters. The predicted octanol–water partition coefficient (Wildman–Crippen LogP) is 5.32. The zero-order valence-corrected chi connectivity index (χ0v) is 19.2. The number of aromatic nitrogens is 3. The number of nitriles is 2. The van der Waals surface area contributed by atoms with Crippen molar-refractivity contribution in [3.8, 4) is 23.4 Å². The van der Waals surface area contributed by atoms with Crippen LogP contribution >= 0.6 is 23.4 Å². The standard InChI is InChI=1S/C23H18ClN7S/c1-30(2)17-10-8-16(9-11-17)27-21-19(13-26)22-28-23(32-3)18(12-25)20(31(22)29-21)14-4-6-15(24)7-5-14/h4-11H,1-3H3,(H,27,29). The summed E-state index contributed by atoms with van der Waals surface area (Å²) in [5.74, 6) is 0.370. The molecule has 0 saturated carbocycles. The van der Waals surface area contributed by atoms with Gasteiger partial charge in [-0.2, -0.15) is 10.5 Å². The molecule has 158 valence electrons. The largest absolute Gasteiger partial charge is 0.378 e. The van der Waals surface area contributed by atoms with Crippen molar-refractivity contribution >= 4 is 46.2 Å². The van der Waals surface area contributed by atoms with Crippen LogP contribution in [0.2, 0.25) is 5.02 Å². The molecule has 0 aliphatic rings. The van der Waals surface area contributed by atoms with E-state index in [1.54, 1.807) is 16.6 Å².